The van der Waals surface area contributed by atoms with Crippen molar-refractivity contribution in [1.82, 2.24) is 0 Å². The van der Waals surface area contributed by atoms with Crippen LogP contribution in [0.25, 0.3) is 0 Å². The summed E-state index contributed by atoms with van der Waals surface area (Å²) >= 11 is 0. The van der Waals surface area contributed by atoms with Crippen molar-refractivity contribution < 1.29 is 37.6 Å². The highest BCUT2D eigenvalue weighted by atomic mass is 31.2. The first-order chi connectivity index (χ1) is 38.8. The van der Waals surface area contributed by atoms with Crippen LogP contribution in [0.3, 0.4) is 0 Å². The molecule has 2 atom stereocenters. The van der Waals surface area contributed by atoms with Crippen LogP contribution < -0.4 is 5.73 Å². The van der Waals surface area contributed by atoms with Crippen LogP contribution in [0.1, 0.15) is 284 Å². The number of nitrogens with two attached hydrogens (primary N) is 1. The maximum Gasteiger partial charge on any atom is 0.472 e. The first-order valence-electron chi connectivity index (χ1n) is 32.4. The van der Waals surface area contributed by atoms with Crippen LogP contribution in [0.5, 0.6) is 0 Å². The lowest BCUT2D eigenvalue weighted by molar-refractivity contribution is -0.161. The van der Waals surface area contributed by atoms with Gasteiger partial charge in [-0.1, -0.05) is 297 Å². The first-order valence-corrected chi connectivity index (χ1v) is 33.9. The van der Waals surface area contributed by atoms with E-state index in [4.69, 9.17) is 24.3 Å². The topological polar surface area (TPSA) is 134 Å². The van der Waals surface area contributed by atoms with Crippen LogP contribution in [0, 0.1) is 0 Å². The molecule has 0 aromatic heterocycles. The standard InChI is InChI=1S/C69H120NO8P/c1-3-5-7-9-11-13-15-17-19-21-23-25-27-29-31-32-33-34-36-38-40-42-44-46-48-50-52-54-56-58-60-62-69(72)78-67(66-77-79(73,74)76-64-63-70)65-75-68(71)61-59-57-55-53-51-49-47-45-43-41-39-37-35-30-28-26-24-22-20-18-16-14-12-10-8-6-4-2/h5,7,11,13,17,19,23,25,29,31,33-34,38,40,44,46,50,52,67H,3-4,6,8-10,12,14-16,18,20-22,24,26-28,30,32,35-37,39,41-43,45,47-49,51,53-66,70H2,1-2H3,(H,73,74)/b7-5-,13-11-,19-17-,25-23-,31-29-,34-33-,40-38-,46-44-,52-50-. The Kier molecular flexibility index (Phi) is 61.2. The Hall–Kier alpha value is -3.33. The zero-order valence-electron chi connectivity index (χ0n) is 50.8. The summed E-state index contributed by atoms with van der Waals surface area (Å²) in [6.45, 7) is 3.62. The maximum atomic E-state index is 12.7. The van der Waals surface area contributed by atoms with E-state index in [1.807, 2.05) is 0 Å². The minimum absolute atomic E-state index is 0.0432. The molecule has 9 nitrogen and oxygen atoms in total. The number of hydrogen-bond donors (Lipinski definition) is 2. The molecular weight excluding hydrogens is 1000 g/mol. The van der Waals surface area contributed by atoms with Crippen LogP contribution in [0.4, 0.5) is 0 Å². The zero-order valence-corrected chi connectivity index (χ0v) is 51.7. The molecule has 3 N–H and O–H groups in total. The molecule has 0 fully saturated rings. The van der Waals surface area contributed by atoms with E-state index in [1.165, 1.54) is 154 Å². The van der Waals surface area contributed by atoms with Gasteiger partial charge in [-0.25, -0.2) is 4.57 Å². The number of carbonyl (C=O) groups excluding carboxylic acids is 2. The fourth-order valence-electron chi connectivity index (χ4n) is 8.92. The molecule has 0 radical (unpaired) electrons. The second-order valence-corrected chi connectivity index (χ2v) is 22.7. The number of hydrogen-bond acceptors (Lipinski definition) is 8. The smallest absolute Gasteiger partial charge is 0.462 e. The molecule has 10 heteroatoms. The molecule has 0 aromatic rings. The predicted octanol–water partition coefficient (Wildman–Crippen LogP) is 21.0. The highest BCUT2D eigenvalue weighted by molar-refractivity contribution is 7.47. The summed E-state index contributed by atoms with van der Waals surface area (Å²) in [6.07, 6.45) is 87.4. The van der Waals surface area contributed by atoms with Gasteiger partial charge >= 0.3 is 19.8 Å². The van der Waals surface area contributed by atoms with E-state index >= 15 is 0 Å². The molecular formula is C69H120NO8P. The molecule has 0 rings (SSSR count). The molecule has 0 bridgehead atoms. The predicted molar refractivity (Wildman–Crippen MR) is 339 cm³/mol. The lowest BCUT2D eigenvalue weighted by Crippen LogP contribution is -2.29. The third kappa shape index (κ3) is 63.7. The normalized spacial score (nSPS) is 13.7. The third-order valence-electron chi connectivity index (χ3n) is 13.7. The summed E-state index contributed by atoms with van der Waals surface area (Å²) in [7, 11) is -4.41. The summed E-state index contributed by atoms with van der Waals surface area (Å²) in [4.78, 5) is 35.3. The molecule has 454 valence electrons. The van der Waals surface area contributed by atoms with Gasteiger partial charge in [-0.2, -0.15) is 0 Å². The van der Waals surface area contributed by atoms with Crippen LogP contribution in [-0.4, -0.2) is 49.3 Å². The van der Waals surface area contributed by atoms with Crippen LogP contribution in [0.15, 0.2) is 109 Å². The zero-order chi connectivity index (χ0) is 57.3. The Morgan fingerprint density at radius 3 is 1.04 bits per heavy atom. The van der Waals surface area contributed by atoms with Gasteiger partial charge in [0.15, 0.2) is 6.10 Å². The number of carbonyl (C=O) groups is 2. The van der Waals surface area contributed by atoms with Crippen LogP contribution in [-0.2, 0) is 32.7 Å². The lowest BCUT2D eigenvalue weighted by atomic mass is 10.0. The molecule has 0 saturated heterocycles. The van der Waals surface area contributed by atoms with Crippen LogP contribution >= 0.6 is 7.82 Å². The number of phosphoric acid groups is 1. The van der Waals surface area contributed by atoms with Crippen LogP contribution in [0.2, 0.25) is 0 Å². The van der Waals surface area contributed by atoms with Gasteiger partial charge in [0.05, 0.1) is 13.2 Å². The van der Waals surface area contributed by atoms with Gasteiger partial charge in [-0.15, -0.1) is 0 Å². The summed E-state index contributed by atoms with van der Waals surface area (Å²) in [5.74, 6) is -0.863. The van der Waals surface area contributed by atoms with Crippen molar-refractivity contribution in [1.29, 1.82) is 0 Å². The minimum Gasteiger partial charge on any atom is -0.462 e. The van der Waals surface area contributed by atoms with Crippen molar-refractivity contribution in [2.24, 2.45) is 5.73 Å². The lowest BCUT2D eigenvalue weighted by Gasteiger charge is -2.19. The Bertz CT molecular complexity index is 1660. The van der Waals surface area contributed by atoms with Gasteiger partial charge in [-0.3, -0.25) is 18.6 Å². The monoisotopic (exact) mass is 1120 g/mol. The van der Waals surface area contributed by atoms with Gasteiger partial charge in [0.2, 0.25) is 0 Å². The van der Waals surface area contributed by atoms with Crippen molar-refractivity contribution in [3.05, 3.63) is 109 Å². The molecule has 0 aliphatic carbocycles. The molecule has 0 aliphatic rings. The van der Waals surface area contributed by atoms with E-state index < -0.39 is 26.5 Å². The first kappa shape index (κ1) is 75.7. The average molecular weight is 1120 g/mol. The van der Waals surface area contributed by atoms with E-state index in [1.54, 1.807) is 0 Å². The van der Waals surface area contributed by atoms with E-state index in [2.05, 4.69) is 123 Å². The van der Waals surface area contributed by atoms with Gasteiger partial charge in [0.1, 0.15) is 6.61 Å². The highest BCUT2D eigenvalue weighted by Crippen LogP contribution is 2.43. The van der Waals surface area contributed by atoms with E-state index in [0.29, 0.717) is 6.42 Å². The molecule has 0 saturated carbocycles. The number of rotatable bonds is 60. The van der Waals surface area contributed by atoms with Gasteiger partial charge in [0.25, 0.3) is 0 Å². The molecule has 0 aliphatic heterocycles. The number of allylic oxidation sites excluding steroid dienone is 18. The second kappa shape index (κ2) is 63.8. The summed E-state index contributed by atoms with van der Waals surface area (Å²) < 4.78 is 33.1. The third-order valence-corrected chi connectivity index (χ3v) is 14.7. The van der Waals surface area contributed by atoms with Crippen molar-refractivity contribution in [2.75, 3.05) is 26.4 Å². The minimum atomic E-state index is -4.41. The molecule has 0 aromatic carbocycles. The molecule has 0 heterocycles. The molecule has 0 spiro atoms. The Morgan fingerprint density at radius 2 is 0.696 bits per heavy atom. The molecule has 0 amide bonds. The maximum absolute atomic E-state index is 12.7. The van der Waals surface area contributed by atoms with E-state index in [9.17, 15) is 19.0 Å². The number of esters is 2. The Balaban J connectivity index is 4.02. The van der Waals surface area contributed by atoms with Gasteiger partial charge in [0, 0.05) is 19.4 Å². The Morgan fingerprint density at radius 1 is 0.392 bits per heavy atom. The van der Waals surface area contributed by atoms with Crippen molar-refractivity contribution in [2.45, 2.75) is 290 Å². The SMILES string of the molecule is CC/C=C\C/C=C\C/C=C\C/C=C\C/C=C\C/C=C\C/C=C\C/C=C\C/C=C\CCCCCC(=O)OC(COC(=O)CCCCCCCCCCCCCCCCCCCCCCCCCCCCC)COP(=O)(O)OCCN. The second-order valence-electron chi connectivity index (χ2n) is 21.3. The number of phosphoric ester groups is 1. The summed E-state index contributed by atoms with van der Waals surface area (Å²) in [5.41, 5.74) is 5.39. The molecule has 79 heavy (non-hydrogen) atoms. The number of unbranched alkanes of at least 4 members (excludes halogenated alkanes) is 29. The fraction of sp³-hybridized carbons (Fsp3) is 0.710. The Labute approximate surface area is 486 Å². The van der Waals surface area contributed by atoms with Gasteiger partial charge < -0.3 is 20.1 Å². The quantitative estimate of drug-likeness (QED) is 0.0264. The molecule has 2 unspecified atom stereocenters. The van der Waals surface area contributed by atoms with Crippen molar-refractivity contribution >= 4 is 19.8 Å². The average Bonchev–Trinajstić information content (AvgIpc) is 3.44. The fourth-order valence-corrected chi connectivity index (χ4v) is 9.69. The largest absolute Gasteiger partial charge is 0.472 e. The van der Waals surface area contributed by atoms with E-state index in [-0.39, 0.29) is 38.6 Å². The highest BCUT2D eigenvalue weighted by Gasteiger charge is 2.26. The van der Waals surface area contributed by atoms with Crippen molar-refractivity contribution in [3.63, 3.8) is 0 Å². The summed E-state index contributed by atoms with van der Waals surface area (Å²) in [5, 5.41) is 0. The van der Waals surface area contributed by atoms with Crippen molar-refractivity contribution in [3.8, 4) is 0 Å². The van der Waals surface area contributed by atoms with E-state index in [0.717, 1.165) is 96.3 Å². The number of ether oxygens (including phenoxy) is 2. The van der Waals surface area contributed by atoms with Gasteiger partial charge in [-0.05, 0) is 83.5 Å². The summed E-state index contributed by atoms with van der Waals surface area (Å²) in [6, 6.07) is 0.